The lowest BCUT2D eigenvalue weighted by molar-refractivity contribution is 0.0527. The average molecular weight is 216 g/mol. The van der Waals surface area contributed by atoms with Gasteiger partial charge in [-0.1, -0.05) is 11.6 Å². The number of carbonyl (C=O) groups is 1. The minimum absolute atomic E-state index is 0.159. The molecule has 0 spiro atoms. The summed E-state index contributed by atoms with van der Waals surface area (Å²) in [4.78, 5) is 11.4. The molecule has 0 aliphatic carbocycles. The van der Waals surface area contributed by atoms with Crippen LogP contribution in [-0.4, -0.2) is 29.8 Å². The van der Waals surface area contributed by atoms with Crippen molar-refractivity contribution in [3.8, 4) is 0 Å². The predicted octanol–water partition coefficient (Wildman–Crippen LogP) is 1.35. The first-order valence-electron chi connectivity index (χ1n) is 4.07. The Morgan fingerprint density at radius 2 is 2.36 bits per heavy atom. The normalized spacial score (nSPS) is 9.64. The Hall–Kier alpha value is -1.36. The fourth-order valence-corrected chi connectivity index (χ4v) is 1.06. The molecule has 0 fully saturated rings. The van der Waals surface area contributed by atoms with Crippen LogP contribution in [0.2, 0.25) is 5.15 Å². The molecule has 0 amide bonds. The van der Waals surface area contributed by atoms with Crippen LogP contribution in [0.4, 0.5) is 5.82 Å². The number of hydrogen-bond acceptors (Lipinski definition) is 5. The number of nitrogens with zero attached hydrogens (tertiary/aromatic N) is 2. The van der Waals surface area contributed by atoms with Gasteiger partial charge in [0.2, 0.25) is 0 Å². The van der Waals surface area contributed by atoms with Crippen LogP contribution in [0.25, 0.3) is 0 Å². The molecule has 5 nitrogen and oxygen atoms in total. The van der Waals surface area contributed by atoms with E-state index in [1.54, 1.807) is 14.0 Å². The second-order valence-electron chi connectivity index (χ2n) is 2.40. The van der Waals surface area contributed by atoms with Crippen LogP contribution < -0.4 is 5.32 Å². The van der Waals surface area contributed by atoms with Crippen LogP contribution >= 0.6 is 11.6 Å². The second-order valence-corrected chi connectivity index (χ2v) is 2.79. The Morgan fingerprint density at radius 1 is 1.64 bits per heavy atom. The van der Waals surface area contributed by atoms with Gasteiger partial charge in [-0.3, -0.25) is 0 Å². The third kappa shape index (κ3) is 2.32. The topological polar surface area (TPSA) is 64.1 Å². The first-order chi connectivity index (χ1) is 6.69. The summed E-state index contributed by atoms with van der Waals surface area (Å²) < 4.78 is 4.82. The molecule has 0 unspecified atom stereocenters. The first kappa shape index (κ1) is 10.7. The monoisotopic (exact) mass is 215 g/mol. The van der Waals surface area contributed by atoms with E-state index in [9.17, 15) is 4.79 Å². The highest BCUT2D eigenvalue weighted by Crippen LogP contribution is 2.15. The molecule has 0 radical (unpaired) electrons. The number of ether oxygens (including phenoxy) is 1. The van der Waals surface area contributed by atoms with Crippen LogP contribution in [0.1, 0.15) is 17.3 Å². The molecule has 76 valence electrons. The number of rotatable bonds is 3. The fraction of sp³-hybridized carbons (Fsp3) is 0.375. The Kier molecular flexibility index (Phi) is 3.64. The summed E-state index contributed by atoms with van der Waals surface area (Å²) in [5.74, 6) is -0.110. The number of halogens is 1. The van der Waals surface area contributed by atoms with Crippen molar-refractivity contribution >= 4 is 23.4 Å². The van der Waals surface area contributed by atoms with Crippen LogP contribution in [0.5, 0.6) is 0 Å². The van der Waals surface area contributed by atoms with Crippen LogP contribution in [0.15, 0.2) is 6.07 Å². The van der Waals surface area contributed by atoms with Crippen molar-refractivity contribution in [2.75, 3.05) is 19.0 Å². The molecule has 1 rings (SSSR count). The van der Waals surface area contributed by atoms with E-state index in [1.807, 2.05) is 0 Å². The molecule has 14 heavy (non-hydrogen) atoms. The SMILES string of the molecule is CCOC(=O)c1cc(Cl)nnc1NC. The van der Waals surface area contributed by atoms with E-state index in [1.165, 1.54) is 6.07 Å². The lowest BCUT2D eigenvalue weighted by atomic mass is 10.3. The van der Waals surface area contributed by atoms with Gasteiger partial charge in [-0.05, 0) is 13.0 Å². The molecule has 0 aromatic carbocycles. The maximum atomic E-state index is 11.4. The van der Waals surface area contributed by atoms with Gasteiger partial charge in [0.15, 0.2) is 11.0 Å². The van der Waals surface area contributed by atoms with Crippen molar-refractivity contribution in [2.45, 2.75) is 6.92 Å². The second kappa shape index (κ2) is 4.76. The van der Waals surface area contributed by atoms with Crippen LogP contribution in [0.3, 0.4) is 0 Å². The summed E-state index contributed by atoms with van der Waals surface area (Å²) in [5.41, 5.74) is 0.286. The van der Waals surface area contributed by atoms with E-state index >= 15 is 0 Å². The number of aromatic nitrogens is 2. The van der Waals surface area contributed by atoms with E-state index in [0.29, 0.717) is 12.4 Å². The third-order valence-electron chi connectivity index (χ3n) is 1.50. The summed E-state index contributed by atoms with van der Waals surface area (Å²) in [5, 5.41) is 10.2. The van der Waals surface area contributed by atoms with Crippen molar-refractivity contribution in [2.24, 2.45) is 0 Å². The number of carbonyl (C=O) groups excluding carboxylic acids is 1. The molecule has 1 heterocycles. The van der Waals surface area contributed by atoms with Crippen molar-refractivity contribution in [3.05, 3.63) is 16.8 Å². The molecule has 0 aliphatic rings. The summed E-state index contributed by atoms with van der Waals surface area (Å²) in [6.45, 7) is 2.04. The van der Waals surface area contributed by atoms with Crippen molar-refractivity contribution < 1.29 is 9.53 Å². The largest absolute Gasteiger partial charge is 0.462 e. The molecule has 0 bridgehead atoms. The standard InChI is InChI=1S/C8H10ClN3O2/c1-3-14-8(13)5-4-6(9)11-12-7(5)10-2/h4H,3H2,1-2H3,(H,10,12). The van der Waals surface area contributed by atoms with Gasteiger partial charge >= 0.3 is 5.97 Å². The van der Waals surface area contributed by atoms with E-state index in [0.717, 1.165) is 0 Å². The Morgan fingerprint density at radius 3 is 2.93 bits per heavy atom. The zero-order valence-electron chi connectivity index (χ0n) is 7.87. The molecule has 0 atom stereocenters. The van der Waals surface area contributed by atoms with Gasteiger partial charge in [-0.15, -0.1) is 10.2 Å². The van der Waals surface area contributed by atoms with Gasteiger partial charge in [0.1, 0.15) is 5.56 Å². The molecule has 1 aromatic heterocycles. The van der Waals surface area contributed by atoms with E-state index in [4.69, 9.17) is 16.3 Å². The maximum Gasteiger partial charge on any atom is 0.342 e. The number of esters is 1. The summed E-state index contributed by atoms with van der Waals surface area (Å²) in [7, 11) is 1.64. The van der Waals surface area contributed by atoms with Gasteiger partial charge in [-0.25, -0.2) is 4.79 Å². The Labute approximate surface area is 86.4 Å². The molecule has 0 saturated heterocycles. The molecule has 0 saturated carbocycles. The lowest BCUT2D eigenvalue weighted by Crippen LogP contribution is -2.10. The third-order valence-corrected chi connectivity index (χ3v) is 1.68. The molecule has 1 aromatic rings. The van der Waals surface area contributed by atoms with Crippen molar-refractivity contribution in [1.29, 1.82) is 0 Å². The number of anilines is 1. The molecule has 0 aliphatic heterocycles. The minimum Gasteiger partial charge on any atom is -0.462 e. The lowest BCUT2D eigenvalue weighted by Gasteiger charge is -2.06. The van der Waals surface area contributed by atoms with Crippen LogP contribution in [0, 0.1) is 0 Å². The van der Waals surface area contributed by atoms with E-state index in [-0.39, 0.29) is 10.7 Å². The molecule has 6 heteroatoms. The zero-order valence-corrected chi connectivity index (χ0v) is 8.63. The van der Waals surface area contributed by atoms with Gasteiger partial charge < -0.3 is 10.1 Å². The van der Waals surface area contributed by atoms with Crippen molar-refractivity contribution in [3.63, 3.8) is 0 Å². The Bertz CT molecular complexity index is 343. The minimum atomic E-state index is -0.464. The van der Waals surface area contributed by atoms with Gasteiger partial charge in [-0.2, -0.15) is 0 Å². The molecular weight excluding hydrogens is 206 g/mol. The zero-order chi connectivity index (χ0) is 10.6. The van der Waals surface area contributed by atoms with Gasteiger partial charge in [0.25, 0.3) is 0 Å². The summed E-state index contributed by atoms with van der Waals surface area (Å²) >= 11 is 5.61. The maximum absolute atomic E-state index is 11.4. The highest BCUT2D eigenvalue weighted by molar-refractivity contribution is 6.29. The number of nitrogens with one attached hydrogen (secondary N) is 1. The van der Waals surface area contributed by atoms with E-state index < -0.39 is 5.97 Å². The summed E-state index contributed by atoms with van der Waals surface area (Å²) in [6.07, 6.45) is 0. The highest BCUT2D eigenvalue weighted by atomic mass is 35.5. The van der Waals surface area contributed by atoms with Crippen LogP contribution in [-0.2, 0) is 4.74 Å². The van der Waals surface area contributed by atoms with Crippen molar-refractivity contribution in [1.82, 2.24) is 10.2 Å². The quantitative estimate of drug-likeness (QED) is 0.771. The fourth-order valence-electron chi connectivity index (χ4n) is 0.917. The smallest absolute Gasteiger partial charge is 0.342 e. The predicted molar refractivity (Wildman–Crippen MR) is 52.5 cm³/mol. The van der Waals surface area contributed by atoms with Gasteiger partial charge in [0, 0.05) is 7.05 Å². The first-order valence-corrected chi connectivity index (χ1v) is 4.45. The van der Waals surface area contributed by atoms with E-state index in [2.05, 4.69) is 15.5 Å². The molecular formula is C8H10ClN3O2. The molecule has 1 N–H and O–H groups in total. The van der Waals surface area contributed by atoms with Gasteiger partial charge in [0.05, 0.1) is 6.61 Å². The average Bonchev–Trinajstić information content (AvgIpc) is 2.18. The Balaban J connectivity index is 3.03. The summed E-state index contributed by atoms with van der Waals surface area (Å²) in [6, 6.07) is 1.42. The highest BCUT2D eigenvalue weighted by Gasteiger charge is 2.14. The number of hydrogen-bond donors (Lipinski definition) is 1.